The molecule has 0 aromatic carbocycles. The lowest BCUT2D eigenvalue weighted by molar-refractivity contribution is 0.206. The number of rotatable bonds is 6. The van der Waals surface area contributed by atoms with Crippen molar-refractivity contribution in [3.63, 3.8) is 0 Å². The van der Waals surface area contributed by atoms with Crippen LogP contribution in [0.25, 0.3) is 0 Å². The summed E-state index contributed by atoms with van der Waals surface area (Å²) in [6.07, 6.45) is 1.77. The molecule has 2 heteroatoms. The first-order valence-electron chi connectivity index (χ1n) is 6.08. The van der Waals surface area contributed by atoms with Gasteiger partial charge in [-0.3, -0.25) is 0 Å². The molecule has 0 rings (SSSR count). The molecule has 0 aliphatic heterocycles. The van der Waals surface area contributed by atoms with Gasteiger partial charge in [0, 0.05) is 12.5 Å². The third-order valence-corrected chi connectivity index (χ3v) is 4.05. The molecule has 0 saturated heterocycles. The topological polar surface area (TPSA) is 49.8 Å². The lowest BCUT2D eigenvalue weighted by Gasteiger charge is -2.32. The van der Waals surface area contributed by atoms with Crippen LogP contribution in [0, 0.1) is 35.0 Å². The molecule has 0 spiro atoms. The first-order chi connectivity index (χ1) is 6.95. The Bertz CT molecular complexity index is 207. The molecule has 0 aromatic heterocycles. The molecule has 2 N–H and O–H groups in total. The van der Waals surface area contributed by atoms with Gasteiger partial charge in [-0.25, -0.2) is 0 Å². The molecule has 15 heavy (non-hydrogen) atoms. The van der Waals surface area contributed by atoms with Gasteiger partial charge in [-0.05, 0) is 23.7 Å². The second-order valence-corrected chi connectivity index (χ2v) is 5.02. The summed E-state index contributed by atoms with van der Waals surface area (Å²) < 4.78 is 0. The Balaban J connectivity index is 4.30. The highest BCUT2D eigenvalue weighted by molar-refractivity contribution is 4.85. The Morgan fingerprint density at radius 2 is 1.60 bits per heavy atom. The highest BCUT2D eigenvalue weighted by atomic mass is 14.7. The molecule has 0 heterocycles. The van der Waals surface area contributed by atoms with Crippen LogP contribution >= 0.6 is 0 Å². The Morgan fingerprint density at radius 1 is 1.07 bits per heavy atom. The van der Waals surface area contributed by atoms with Crippen molar-refractivity contribution >= 4 is 0 Å². The summed E-state index contributed by atoms with van der Waals surface area (Å²) in [5, 5.41) is 8.66. The van der Waals surface area contributed by atoms with E-state index in [1.807, 2.05) is 0 Å². The standard InChI is InChI=1S/C13H26N2/c1-6-9(2)11(4)12(5)13(15)10(3)7-8-14/h9-13H,6-7,15H2,1-5H3. The molecule has 0 saturated carbocycles. The van der Waals surface area contributed by atoms with Gasteiger partial charge in [-0.15, -0.1) is 0 Å². The van der Waals surface area contributed by atoms with E-state index in [4.69, 9.17) is 11.0 Å². The SMILES string of the molecule is CCC(C)C(C)C(C)C(N)C(C)CC#N. The van der Waals surface area contributed by atoms with Gasteiger partial charge >= 0.3 is 0 Å². The van der Waals surface area contributed by atoms with Crippen LogP contribution < -0.4 is 5.73 Å². The van der Waals surface area contributed by atoms with Crippen LogP contribution in [-0.4, -0.2) is 6.04 Å². The summed E-state index contributed by atoms with van der Waals surface area (Å²) in [6.45, 7) is 11.1. The highest BCUT2D eigenvalue weighted by Crippen LogP contribution is 2.28. The number of hydrogen-bond acceptors (Lipinski definition) is 2. The van der Waals surface area contributed by atoms with Crippen molar-refractivity contribution in [3.05, 3.63) is 0 Å². The van der Waals surface area contributed by atoms with Gasteiger partial charge in [-0.2, -0.15) is 5.26 Å². The van der Waals surface area contributed by atoms with Gasteiger partial charge in [0.05, 0.1) is 6.07 Å². The average molecular weight is 210 g/mol. The van der Waals surface area contributed by atoms with Crippen molar-refractivity contribution in [1.82, 2.24) is 0 Å². The molecule has 2 nitrogen and oxygen atoms in total. The van der Waals surface area contributed by atoms with Crippen molar-refractivity contribution in [1.29, 1.82) is 5.26 Å². The molecule has 0 aliphatic carbocycles. The molecule has 5 unspecified atom stereocenters. The summed E-state index contributed by atoms with van der Waals surface area (Å²) in [5.41, 5.74) is 6.19. The van der Waals surface area contributed by atoms with E-state index in [9.17, 15) is 0 Å². The third-order valence-electron chi connectivity index (χ3n) is 4.05. The van der Waals surface area contributed by atoms with Crippen LogP contribution in [0.15, 0.2) is 0 Å². The van der Waals surface area contributed by atoms with Gasteiger partial charge in [0.25, 0.3) is 0 Å². The third kappa shape index (κ3) is 4.22. The first kappa shape index (κ1) is 14.5. The van der Waals surface area contributed by atoms with Crippen LogP contribution in [0.2, 0.25) is 0 Å². The predicted octanol–water partition coefficient (Wildman–Crippen LogP) is 3.18. The minimum Gasteiger partial charge on any atom is -0.327 e. The molecule has 5 atom stereocenters. The van der Waals surface area contributed by atoms with E-state index in [-0.39, 0.29) is 6.04 Å². The monoisotopic (exact) mass is 210 g/mol. The summed E-state index contributed by atoms with van der Waals surface area (Å²) in [7, 11) is 0. The Hall–Kier alpha value is -0.550. The van der Waals surface area contributed by atoms with E-state index in [1.165, 1.54) is 6.42 Å². The van der Waals surface area contributed by atoms with Gasteiger partial charge in [0.15, 0.2) is 0 Å². The zero-order valence-electron chi connectivity index (χ0n) is 10.8. The van der Waals surface area contributed by atoms with Crippen molar-refractivity contribution in [3.8, 4) is 6.07 Å². The zero-order valence-corrected chi connectivity index (χ0v) is 10.8. The van der Waals surface area contributed by atoms with Crippen molar-refractivity contribution in [2.45, 2.75) is 53.5 Å². The maximum atomic E-state index is 8.66. The molecule has 0 amide bonds. The molecule has 0 fully saturated rings. The molecule has 0 bridgehead atoms. The quantitative estimate of drug-likeness (QED) is 0.732. The lowest BCUT2D eigenvalue weighted by atomic mass is 9.76. The summed E-state index contributed by atoms with van der Waals surface area (Å²) >= 11 is 0. The fraction of sp³-hybridized carbons (Fsp3) is 0.923. The lowest BCUT2D eigenvalue weighted by Crippen LogP contribution is -2.39. The number of hydrogen-bond donors (Lipinski definition) is 1. The maximum Gasteiger partial charge on any atom is 0.0625 e. The summed E-state index contributed by atoms with van der Waals surface area (Å²) in [5.74, 6) is 2.13. The smallest absolute Gasteiger partial charge is 0.0625 e. The van der Waals surface area contributed by atoms with Crippen LogP contribution in [0.5, 0.6) is 0 Å². The molecular weight excluding hydrogens is 184 g/mol. The van der Waals surface area contributed by atoms with Crippen LogP contribution in [0.1, 0.15) is 47.5 Å². The van der Waals surface area contributed by atoms with E-state index in [1.54, 1.807) is 0 Å². The van der Waals surface area contributed by atoms with Crippen molar-refractivity contribution in [2.75, 3.05) is 0 Å². The van der Waals surface area contributed by atoms with Gasteiger partial charge in [0.1, 0.15) is 0 Å². The molecule has 0 radical (unpaired) electrons. The number of nitrogens with zero attached hydrogens (tertiary/aromatic N) is 1. The Labute approximate surface area is 94.9 Å². The van der Waals surface area contributed by atoms with E-state index in [2.05, 4.69) is 40.7 Å². The van der Waals surface area contributed by atoms with Gasteiger partial charge < -0.3 is 5.73 Å². The van der Waals surface area contributed by atoms with E-state index in [0.717, 1.165) is 0 Å². The van der Waals surface area contributed by atoms with E-state index in [0.29, 0.717) is 30.1 Å². The number of nitriles is 1. The number of nitrogens with two attached hydrogens (primary N) is 1. The molecule has 0 aliphatic rings. The minimum absolute atomic E-state index is 0.147. The van der Waals surface area contributed by atoms with Crippen LogP contribution in [-0.2, 0) is 0 Å². The predicted molar refractivity (Wildman–Crippen MR) is 65.2 cm³/mol. The second kappa shape index (κ2) is 6.85. The molecule has 88 valence electrons. The van der Waals surface area contributed by atoms with Crippen LogP contribution in [0.3, 0.4) is 0 Å². The Kier molecular flexibility index (Phi) is 6.60. The van der Waals surface area contributed by atoms with E-state index >= 15 is 0 Å². The molecule has 0 aromatic rings. The van der Waals surface area contributed by atoms with Crippen molar-refractivity contribution in [2.24, 2.45) is 29.4 Å². The largest absolute Gasteiger partial charge is 0.327 e. The van der Waals surface area contributed by atoms with Gasteiger partial charge in [0.2, 0.25) is 0 Å². The maximum absolute atomic E-state index is 8.66. The zero-order chi connectivity index (χ0) is 12.0. The first-order valence-corrected chi connectivity index (χ1v) is 6.08. The fourth-order valence-corrected chi connectivity index (χ4v) is 2.04. The highest BCUT2D eigenvalue weighted by Gasteiger charge is 2.26. The molecular formula is C13H26N2. The van der Waals surface area contributed by atoms with Gasteiger partial charge in [-0.1, -0.05) is 41.0 Å². The van der Waals surface area contributed by atoms with E-state index < -0.39 is 0 Å². The summed E-state index contributed by atoms with van der Waals surface area (Å²) in [6, 6.07) is 2.35. The summed E-state index contributed by atoms with van der Waals surface area (Å²) in [4.78, 5) is 0. The van der Waals surface area contributed by atoms with Crippen LogP contribution in [0.4, 0.5) is 0 Å². The minimum atomic E-state index is 0.147. The Morgan fingerprint density at radius 3 is 2.00 bits per heavy atom. The average Bonchev–Trinajstić information content (AvgIpc) is 2.25. The normalized spacial score (nSPS) is 21.1. The second-order valence-electron chi connectivity index (χ2n) is 5.02. The van der Waals surface area contributed by atoms with Crippen molar-refractivity contribution < 1.29 is 0 Å². The fourth-order valence-electron chi connectivity index (χ4n) is 2.04.